The minimum absolute atomic E-state index is 0.0932. The number of hydrogen-bond donors (Lipinski definition) is 2. The Morgan fingerprint density at radius 1 is 0.844 bits per heavy atom. The molecule has 64 heavy (non-hydrogen) atoms. The van der Waals surface area contributed by atoms with Crippen molar-refractivity contribution in [3.8, 4) is 28.6 Å². The lowest BCUT2D eigenvalue weighted by Crippen LogP contribution is -2.55. The van der Waals surface area contributed by atoms with Crippen molar-refractivity contribution in [1.82, 2.24) is 19.8 Å². The quantitative estimate of drug-likeness (QED) is 0.0443. The molecule has 1 saturated heterocycles. The largest absolute Gasteiger partial charge is 0.497 e. The summed E-state index contributed by atoms with van der Waals surface area (Å²) >= 11 is 0. The number of piperidine rings is 1. The number of alkyl halides is 3. The molecule has 1 fully saturated rings. The lowest BCUT2D eigenvalue weighted by molar-refractivity contribution is -0.158. The van der Waals surface area contributed by atoms with E-state index in [4.69, 9.17) is 23.7 Å². The summed E-state index contributed by atoms with van der Waals surface area (Å²) in [6, 6.07) is 23.3. The maximum atomic E-state index is 13.4. The minimum Gasteiger partial charge on any atom is -0.497 e. The van der Waals surface area contributed by atoms with Crippen LogP contribution < -0.4 is 19.5 Å². The zero-order valence-electron chi connectivity index (χ0n) is 36.3. The number of aromatic nitrogens is 2. The Kier molecular flexibility index (Phi) is 14.4. The molecule has 0 spiro atoms. The van der Waals surface area contributed by atoms with Crippen LogP contribution in [0.5, 0.6) is 17.4 Å². The molecule has 13 nitrogen and oxygen atoms in total. The predicted octanol–water partition coefficient (Wildman–Crippen LogP) is 8.68. The van der Waals surface area contributed by atoms with E-state index in [0.717, 1.165) is 51.1 Å². The Morgan fingerprint density at radius 2 is 1.55 bits per heavy atom. The lowest BCUT2D eigenvalue weighted by Gasteiger charge is -2.35. The normalized spacial score (nSPS) is 15.4. The summed E-state index contributed by atoms with van der Waals surface area (Å²) in [4.78, 5) is 49.2. The summed E-state index contributed by atoms with van der Waals surface area (Å²) in [5.74, 6) is 0.330. The van der Waals surface area contributed by atoms with Crippen molar-refractivity contribution in [1.29, 1.82) is 0 Å². The van der Waals surface area contributed by atoms with Gasteiger partial charge in [-0.15, -0.1) is 0 Å². The van der Waals surface area contributed by atoms with Gasteiger partial charge in [0.05, 0.1) is 37.1 Å². The van der Waals surface area contributed by atoms with Gasteiger partial charge in [-0.25, -0.2) is 4.98 Å². The average Bonchev–Trinajstić information content (AvgIpc) is 3.90. The molecule has 3 aromatic carbocycles. The van der Waals surface area contributed by atoms with Gasteiger partial charge in [-0.05, 0) is 71.1 Å². The first-order valence-corrected chi connectivity index (χ1v) is 24.8. The number of nitrogens with one attached hydrogen (secondary N) is 2. The number of rotatable bonds is 20. The van der Waals surface area contributed by atoms with Crippen molar-refractivity contribution < 1.29 is 51.2 Å². The van der Waals surface area contributed by atoms with Crippen molar-refractivity contribution in [3.05, 3.63) is 125 Å². The van der Waals surface area contributed by atoms with Gasteiger partial charge < -0.3 is 38.9 Å². The smallest absolute Gasteiger partial charge is 0.417 e. The number of pyridine rings is 1. The first-order chi connectivity index (χ1) is 30.6. The van der Waals surface area contributed by atoms with Gasteiger partial charge in [-0.3, -0.25) is 19.3 Å². The second-order valence-electron chi connectivity index (χ2n) is 16.9. The average molecular weight is 900 g/mol. The Bertz CT molecular complexity index is 2420. The van der Waals surface area contributed by atoms with Crippen LogP contribution in [0.3, 0.4) is 0 Å². The number of likely N-dealkylation sites (tertiary alicyclic amines) is 1. The number of anilines is 1. The topological polar surface area (TPSA) is 145 Å². The number of amides is 3. The fourth-order valence-electron chi connectivity index (χ4n) is 7.25. The van der Waals surface area contributed by atoms with Crippen LogP contribution in [0.15, 0.2) is 91.3 Å². The number of carbonyl (C=O) groups excluding carboxylic acids is 3. The van der Waals surface area contributed by atoms with Crippen LogP contribution in [0.2, 0.25) is 25.7 Å². The standard InChI is InChI=1S/C47H52F3N5O8Si/c1-59-37-12-9-33(10-13-37)28-62-42-23-43(53-25-39(42)40-22-35(24-52-40)47(48,49)50)63-29-32-7-5-31(6-8-32)27-60-18-17-51-36-11-14-38-34(21-36)26-54(45(38)57)41-15-16-44(56)55(46(41)58)30-61-19-20-64(2,3)4/h5-14,21-25,41,51-52H,15-20,26-30H2,1-4H3. The minimum atomic E-state index is -4.51. The number of hydrogen-bond acceptors (Lipinski definition) is 10. The zero-order chi connectivity index (χ0) is 45.4. The third-order valence-corrected chi connectivity index (χ3v) is 12.7. The lowest BCUT2D eigenvalue weighted by atomic mass is 10.0. The van der Waals surface area contributed by atoms with Crippen molar-refractivity contribution in [2.45, 2.75) is 77.1 Å². The van der Waals surface area contributed by atoms with Crippen LogP contribution in [0, 0.1) is 0 Å². The van der Waals surface area contributed by atoms with Gasteiger partial charge in [0.25, 0.3) is 11.8 Å². The van der Waals surface area contributed by atoms with Gasteiger partial charge in [0.1, 0.15) is 37.5 Å². The highest BCUT2D eigenvalue weighted by Gasteiger charge is 2.43. The van der Waals surface area contributed by atoms with Gasteiger partial charge in [-0.2, -0.15) is 13.2 Å². The van der Waals surface area contributed by atoms with Crippen molar-refractivity contribution in [2.75, 3.05) is 38.9 Å². The number of carbonyl (C=O) groups is 3. The third kappa shape index (κ3) is 11.7. The third-order valence-electron chi connectivity index (χ3n) is 11.0. The second kappa shape index (κ2) is 20.1. The fourth-order valence-corrected chi connectivity index (χ4v) is 8.00. The van der Waals surface area contributed by atoms with Gasteiger partial charge in [0, 0.05) is 63.9 Å². The number of ether oxygens (including phenoxy) is 5. The van der Waals surface area contributed by atoms with Crippen LogP contribution in [-0.4, -0.2) is 85.2 Å². The molecule has 0 saturated carbocycles. The highest BCUT2D eigenvalue weighted by atomic mass is 28.3. The molecule has 0 aliphatic carbocycles. The maximum Gasteiger partial charge on any atom is 0.417 e. The van der Waals surface area contributed by atoms with Crippen LogP contribution in [0.4, 0.5) is 18.9 Å². The van der Waals surface area contributed by atoms with Crippen LogP contribution in [0.1, 0.15) is 51.0 Å². The van der Waals surface area contributed by atoms with E-state index in [-0.39, 0.29) is 62.7 Å². The van der Waals surface area contributed by atoms with Gasteiger partial charge in [0.2, 0.25) is 11.8 Å². The number of aromatic amines is 1. The number of imide groups is 1. The number of fused-ring (bicyclic) bond motifs is 1. The van der Waals surface area contributed by atoms with Gasteiger partial charge in [-0.1, -0.05) is 56.0 Å². The first-order valence-electron chi connectivity index (χ1n) is 21.0. The summed E-state index contributed by atoms with van der Waals surface area (Å²) in [7, 11) is 0.242. The molecule has 338 valence electrons. The molecule has 1 atom stereocenters. The molecular formula is C47H52F3N5O8Si. The molecule has 1 unspecified atom stereocenters. The van der Waals surface area contributed by atoms with Crippen molar-refractivity contribution >= 4 is 31.5 Å². The number of benzene rings is 3. The SMILES string of the molecule is COc1ccc(COc2cc(OCc3ccc(COCCNc4ccc5c(c4)CN(C4CCC(=O)N(COCC[Si](C)(C)C)C4=O)C5=O)cc3)ncc2-c2cc(C(F)(F)F)c[nH]2)cc1. The summed E-state index contributed by atoms with van der Waals surface area (Å²) in [5, 5.41) is 3.34. The van der Waals surface area contributed by atoms with E-state index in [0.29, 0.717) is 49.0 Å². The molecule has 7 rings (SSSR count). The number of halogens is 3. The van der Waals surface area contributed by atoms with E-state index in [9.17, 15) is 27.6 Å². The van der Waals surface area contributed by atoms with E-state index in [2.05, 4.69) is 34.9 Å². The second-order valence-corrected chi connectivity index (χ2v) is 22.5. The van der Waals surface area contributed by atoms with Crippen LogP contribution >= 0.6 is 0 Å². The molecule has 2 aliphatic heterocycles. The Morgan fingerprint density at radius 3 is 2.23 bits per heavy atom. The molecule has 17 heteroatoms. The van der Waals surface area contributed by atoms with Crippen molar-refractivity contribution in [2.24, 2.45) is 0 Å². The first kappa shape index (κ1) is 45.8. The van der Waals surface area contributed by atoms with Crippen LogP contribution in [0.25, 0.3) is 11.3 Å². The molecular weight excluding hydrogens is 848 g/mol. The molecule has 2 N–H and O–H groups in total. The molecule has 0 radical (unpaired) electrons. The summed E-state index contributed by atoms with van der Waals surface area (Å²) in [5.41, 5.74) is 4.58. The Balaban J connectivity index is 0.868. The maximum absolute atomic E-state index is 13.4. The summed E-state index contributed by atoms with van der Waals surface area (Å²) < 4.78 is 69.1. The van der Waals surface area contributed by atoms with Gasteiger partial charge in [0.15, 0.2) is 0 Å². The van der Waals surface area contributed by atoms with E-state index in [1.165, 1.54) is 6.20 Å². The molecule has 4 heterocycles. The number of methoxy groups -OCH3 is 1. The zero-order valence-corrected chi connectivity index (χ0v) is 37.3. The monoisotopic (exact) mass is 899 g/mol. The van der Waals surface area contributed by atoms with Crippen LogP contribution in [-0.2, 0) is 51.6 Å². The summed E-state index contributed by atoms with van der Waals surface area (Å²) in [6.07, 6.45) is -1.72. The Labute approximate surface area is 370 Å². The highest BCUT2D eigenvalue weighted by molar-refractivity contribution is 6.76. The fraction of sp³-hybridized carbons (Fsp3) is 0.362. The number of H-pyrrole nitrogens is 1. The molecule has 0 bridgehead atoms. The van der Waals surface area contributed by atoms with Crippen molar-refractivity contribution in [3.63, 3.8) is 0 Å². The molecule has 5 aromatic rings. The van der Waals surface area contributed by atoms with E-state index < -0.39 is 31.8 Å². The molecule has 3 amide bonds. The highest BCUT2D eigenvalue weighted by Crippen LogP contribution is 2.37. The van der Waals surface area contributed by atoms with E-state index in [1.54, 1.807) is 36.3 Å². The molecule has 2 aromatic heterocycles. The number of nitrogens with zero attached hydrogens (tertiary/aromatic N) is 3. The summed E-state index contributed by atoms with van der Waals surface area (Å²) in [6.45, 7) is 9.01. The van der Waals surface area contributed by atoms with E-state index in [1.807, 2.05) is 48.5 Å². The Hall–Kier alpha value is -6.17. The molecule has 2 aliphatic rings. The van der Waals surface area contributed by atoms with E-state index >= 15 is 0 Å². The predicted molar refractivity (Wildman–Crippen MR) is 235 cm³/mol. The van der Waals surface area contributed by atoms with Gasteiger partial charge >= 0.3 is 6.18 Å².